The van der Waals surface area contributed by atoms with Crippen molar-refractivity contribution in [1.82, 2.24) is 14.5 Å². The summed E-state index contributed by atoms with van der Waals surface area (Å²) in [6.45, 7) is 0. The molecule has 3 nitrogen and oxygen atoms in total. The van der Waals surface area contributed by atoms with Gasteiger partial charge in [0.25, 0.3) is 0 Å². The van der Waals surface area contributed by atoms with Crippen molar-refractivity contribution in [3.63, 3.8) is 0 Å². The Morgan fingerprint density at radius 2 is 1.16 bits per heavy atom. The SMILES string of the molecule is Clc1nc2c(ccc3ccccc32)nc1-n1c2cccc3c2c2c4c(cccc4ccc21)-c1ccccc1-3. The number of hydrogen-bond acceptors (Lipinski definition) is 2. The summed E-state index contributed by atoms with van der Waals surface area (Å²) in [5.41, 5.74) is 8.78. The van der Waals surface area contributed by atoms with Crippen LogP contribution in [0.5, 0.6) is 0 Å². The van der Waals surface area contributed by atoms with E-state index in [1.807, 2.05) is 18.2 Å². The number of benzene rings is 6. The maximum atomic E-state index is 6.99. The average Bonchev–Trinajstić information content (AvgIpc) is 3.24. The molecule has 0 aliphatic heterocycles. The quantitative estimate of drug-likeness (QED) is 0.209. The van der Waals surface area contributed by atoms with Gasteiger partial charge in [0.15, 0.2) is 11.0 Å². The highest BCUT2D eigenvalue weighted by Crippen LogP contribution is 2.49. The number of fused-ring (bicyclic) bond motifs is 6. The molecule has 4 heteroatoms. The zero-order chi connectivity index (χ0) is 25.0. The minimum Gasteiger partial charge on any atom is -0.291 e. The molecule has 2 aromatic heterocycles. The zero-order valence-electron chi connectivity index (χ0n) is 20.1. The van der Waals surface area contributed by atoms with E-state index in [1.54, 1.807) is 0 Å². The topological polar surface area (TPSA) is 30.7 Å². The van der Waals surface area contributed by atoms with Gasteiger partial charge in [0.1, 0.15) is 0 Å². The van der Waals surface area contributed by atoms with E-state index in [9.17, 15) is 0 Å². The first kappa shape index (κ1) is 20.3. The molecule has 0 unspecified atom stereocenters. The van der Waals surface area contributed by atoms with Crippen LogP contribution < -0.4 is 0 Å². The van der Waals surface area contributed by atoms with Crippen molar-refractivity contribution in [1.29, 1.82) is 0 Å². The molecule has 0 bridgehead atoms. The molecule has 0 fully saturated rings. The van der Waals surface area contributed by atoms with Crippen LogP contribution in [0, 0.1) is 0 Å². The Hall–Kier alpha value is -4.73. The molecular weight excluding hydrogens is 486 g/mol. The molecule has 0 spiro atoms. The Labute approximate surface area is 222 Å². The van der Waals surface area contributed by atoms with E-state index in [4.69, 9.17) is 21.6 Å². The first-order valence-electron chi connectivity index (χ1n) is 12.7. The Bertz CT molecular complexity index is 2310. The molecule has 0 N–H and O–H groups in total. The molecule has 1 aliphatic rings. The van der Waals surface area contributed by atoms with E-state index < -0.39 is 0 Å². The van der Waals surface area contributed by atoms with Gasteiger partial charge in [-0.3, -0.25) is 4.57 Å². The minimum absolute atomic E-state index is 0.392. The van der Waals surface area contributed by atoms with Gasteiger partial charge in [-0.05, 0) is 56.6 Å². The first-order valence-corrected chi connectivity index (χ1v) is 13.1. The summed E-state index contributed by atoms with van der Waals surface area (Å²) in [6.07, 6.45) is 0. The molecular formula is C34H18ClN3. The van der Waals surface area contributed by atoms with Gasteiger partial charge < -0.3 is 0 Å². The third kappa shape index (κ3) is 2.49. The molecule has 1 aliphatic carbocycles. The van der Waals surface area contributed by atoms with Crippen molar-refractivity contribution in [2.75, 3.05) is 0 Å². The van der Waals surface area contributed by atoms with Gasteiger partial charge >= 0.3 is 0 Å². The standard InChI is InChI=1S/C34H18ClN3/c35-33-34(36-26-17-15-19-7-1-2-9-21(19)32(26)37-33)38-27-14-6-13-25-23-11-4-3-10-22(23)24-12-5-8-20-16-18-28(38)31(29(20)24)30(25)27/h1-18H. The van der Waals surface area contributed by atoms with Crippen LogP contribution in [-0.2, 0) is 0 Å². The van der Waals surface area contributed by atoms with Crippen LogP contribution in [0.25, 0.3) is 82.5 Å². The Morgan fingerprint density at radius 1 is 0.500 bits per heavy atom. The second kappa shape index (κ2) is 7.18. The monoisotopic (exact) mass is 503 g/mol. The maximum Gasteiger partial charge on any atom is 0.176 e. The van der Waals surface area contributed by atoms with Crippen molar-refractivity contribution in [2.24, 2.45) is 0 Å². The fourth-order valence-corrected chi connectivity index (χ4v) is 6.67. The number of rotatable bonds is 1. The molecule has 2 heterocycles. The molecule has 0 saturated heterocycles. The van der Waals surface area contributed by atoms with Gasteiger partial charge in [0, 0.05) is 16.2 Å². The van der Waals surface area contributed by atoms with Crippen LogP contribution >= 0.6 is 11.6 Å². The van der Waals surface area contributed by atoms with Gasteiger partial charge in [-0.2, -0.15) is 0 Å². The fourth-order valence-electron chi connectivity index (χ4n) is 6.46. The van der Waals surface area contributed by atoms with Crippen LogP contribution in [0.3, 0.4) is 0 Å². The van der Waals surface area contributed by atoms with Crippen LogP contribution in [-0.4, -0.2) is 14.5 Å². The second-order valence-electron chi connectivity index (χ2n) is 9.94. The van der Waals surface area contributed by atoms with Crippen LogP contribution in [0.4, 0.5) is 0 Å². The average molecular weight is 504 g/mol. The zero-order valence-corrected chi connectivity index (χ0v) is 20.9. The number of halogens is 1. The normalized spacial score (nSPS) is 12.3. The predicted octanol–water partition coefficient (Wildman–Crippen LogP) is 9.33. The van der Waals surface area contributed by atoms with Crippen LogP contribution in [0.2, 0.25) is 5.15 Å². The van der Waals surface area contributed by atoms with Gasteiger partial charge in [0.05, 0.1) is 22.1 Å². The molecule has 6 aromatic carbocycles. The number of hydrogen-bond donors (Lipinski definition) is 0. The van der Waals surface area contributed by atoms with E-state index in [0.717, 1.165) is 32.8 Å². The summed E-state index contributed by atoms with van der Waals surface area (Å²) < 4.78 is 2.20. The lowest BCUT2D eigenvalue weighted by molar-refractivity contribution is 1.08. The van der Waals surface area contributed by atoms with Crippen LogP contribution in [0.15, 0.2) is 109 Å². The molecule has 176 valence electrons. The second-order valence-corrected chi connectivity index (χ2v) is 10.3. The first-order chi connectivity index (χ1) is 18.8. The van der Waals surface area contributed by atoms with Gasteiger partial charge in [-0.15, -0.1) is 0 Å². The summed E-state index contributed by atoms with van der Waals surface area (Å²) in [4.78, 5) is 10.0. The highest BCUT2D eigenvalue weighted by atomic mass is 35.5. The van der Waals surface area contributed by atoms with E-state index in [1.165, 1.54) is 43.8 Å². The van der Waals surface area contributed by atoms with Crippen molar-refractivity contribution < 1.29 is 0 Å². The fraction of sp³-hybridized carbons (Fsp3) is 0. The van der Waals surface area contributed by atoms with Crippen molar-refractivity contribution in [3.05, 3.63) is 114 Å². The Kier molecular flexibility index (Phi) is 3.85. The van der Waals surface area contributed by atoms with E-state index in [0.29, 0.717) is 11.0 Å². The predicted molar refractivity (Wildman–Crippen MR) is 158 cm³/mol. The maximum absolute atomic E-state index is 6.99. The molecule has 9 rings (SSSR count). The summed E-state index contributed by atoms with van der Waals surface area (Å²) in [6, 6.07) is 38.6. The van der Waals surface area contributed by atoms with Crippen molar-refractivity contribution in [2.45, 2.75) is 0 Å². The Balaban J connectivity index is 1.49. The lowest BCUT2D eigenvalue weighted by atomic mass is 9.93. The summed E-state index contributed by atoms with van der Waals surface area (Å²) >= 11 is 6.99. The van der Waals surface area contributed by atoms with E-state index in [-0.39, 0.29) is 0 Å². The van der Waals surface area contributed by atoms with Gasteiger partial charge in [-0.1, -0.05) is 103 Å². The highest BCUT2D eigenvalue weighted by Gasteiger charge is 2.25. The van der Waals surface area contributed by atoms with Gasteiger partial charge in [0.2, 0.25) is 0 Å². The summed E-state index contributed by atoms with van der Waals surface area (Å²) in [5, 5.41) is 7.52. The van der Waals surface area contributed by atoms with E-state index in [2.05, 4.69) is 95.6 Å². The number of aromatic nitrogens is 3. The number of nitrogens with zero attached hydrogens (tertiary/aromatic N) is 3. The molecule has 0 saturated carbocycles. The molecule has 0 radical (unpaired) electrons. The third-order valence-electron chi connectivity index (χ3n) is 8.02. The molecule has 38 heavy (non-hydrogen) atoms. The molecule has 8 aromatic rings. The third-order valence-corrected chi connectivity index (χ3v) is 8.27. The smallest absolute Gasteiger partial charge is 0.176 e. The Morgan fingerprint density at radius 3 is 2.03 bits per heavy atom. The van der Waals surface area contributed by atoms with E-state index >= 15 is 0 Å². The lowest BCUT2D eigenvalue weighted by Gasteiger charge is -2.14. The summed E-state index contributed by atoms with van der Waals surface area (Å²) in [5.74, 6) is 0.650. The largest absolute Gasteiger partial charge is 0.291 e. The molecule has 0 atom stereocenters. The minimum atomic E-state index is 0.392. The molecule has 0 amide bonds. The van der Waals surface area contributed by atoms with Crippen LogP contribution in [0.1, 0.15) is 0 Å². The summed E-state index contributed by atoms with van der Waals surface area (Å²) in [7, 11) is 0. The van der Waals surface area contributed by atoms with Gasteiger partial charge in [-0.25, -0.2) is 9.97 Å². The van der Waals surface area contributed by atoms with Crippen molar-refractivity contribution >= 4 is 66.0 Å². The lowest BCUT2D eigenvalue weighted by Crippen LogP contribution is -2.01. The highest BCUT2D eigenvalue weighted by molar-refractivity contribution is 6.33. The van der Waals surface area contributed by atoms with Crippen molar-refractivity contribution in [3.8, 4) is 28.1 Å².